The molecule has 0 saturated carbocycles. The maximum Gasteiger partial charge on any atom is -1.00 e. The van der Waals surface area contributed by atoms with Crippen molar-refractivity contribution in [2.24, 2.45) is 0 Å². The van der Waals surface area contributed by atoms with Crippen molar-refractivity contribution < 1.29 is 71.2 Å². The van der Waals surface area contributed by atoms with Gasteiger partial charge < -0.3 is 48.0 Å². The van der Waals surface area contributed by atoms with Crippen LogP contribution in [0.15, 0.2) is 40.0 Å². The molecule has 140 valence electrons. The van der Waals surface area contributed by atoms with E-state index >= 15 is 0 Å². The van der Waals surface area contributed by atoms with Gasteiger partial charge in [-0.2, -0.15) is 0 Å². The summed E-state index contributed by atoms with van der Waals surface area (Å²) in [5.41, 5.74) is 14.2. The fraction of sp³-hybridized carbons (Fsp3) is 0.478. The van der Waals surface area contributed by atoms with Crippen LogP contribution in [-0.4, -0.2) is 0 Å². The van der Waals surface area contributed by atoms with Gasteiger partial charge in [-0.25, -0.2) is 0 Å². The third-order valence-corrected chi connectivity index (χ3v) is 13.2. The first-order chi connectivity index (χ1) is 11.2. The standard InChI is InChI=1S/C12H13.C11H17.2HI.Zr/c1-8-6-11-9(2)4-5-10(3)12(11)7-8;1-6-11-9(4)7(2)8(3)10(11)5;;;/h4-7H,1-3H3;6H2,1-5H3;2*1H;/q;;;;+2/p-2. The number of fused-ring (bicyclic) bond motifs is 1. The molecule has 1 unspecified atom stereocenters. The number of aryl methyl sites for hydroxylation is 2. The summed E-state index contributed by atoms with van der Waals surface area (Å²) in [6, 6.07) is 4.63. The Balaban J connectivity index is 0.00000169. The predicted molar refractivity (Wildman–Crippen MR) is 102 cm³/mol. The van der Waals surface area contributed by atoms with Crippen molar-refractivity contribution in [3.8, 4) is 0 Å². The largest absolute Gasteiger partial charge is 1.00 e. The van der Waals surface area contributed by atoms with E-state index < -0.39 is 23.2 Å². The van der Waals surface area contributed by atoms with Gasteiger partial charge in [0.2, 0.25) is 0 Å². The van der Waals surface area contributed by atoms with E-state index in [-0.39, 0.29) is 48.0 Å². The van der Waals surface area contributed by atoms with Gasteiger partial charge in [-0.15, -0.1) is 0 Å². The molecule has 0 nitrogen and oxygen atoms in total. The maximum absolute atomic E-state index is 2.49. The van der Waals surface area contributed by atoms with Crippen molar-refractivity contribution in [1.82, 2.24) is 0 Å². The molecule has 0 bridgehead atoms. The second-order valence-electron chi connectivity index (χ2n) is 7.75. The summed E-state index contributed by atoms with van der Waals surface area (Å²) in [5, 5.41) is 0. The molecule has 0 heterocycles. The van der Waals surface area contributed by atoms with E-state index in [4.69, 9.17) is 0 Å². The predicted octanol–water partition coefficient (Wildman–Crippen LogP) is 1.11. The van der Waals surface area contributed by atoms with E-state index in [0.717, 1.165) is 3.63 Å². The molecule has 2 aliphatic rings. The summed E-state index contributed by atoms with van der Waals surface area (Å²) >= 11 is -0.736. The SMILES string of the molecule is CC[C]1([Zr+2][CH]2C(C)=Cc3c(C)ccc(C)c32)C(C)=C(C)C(C)=C1C.[I-].[I-]. The normalized spacial score (nSPS) is 20.3. The van der Waals surface area contributed by atoms with Crippen LogP contribution in [0.5, 0.6) is 0 Å². The van der Waals surface area contributed by atoms with Crippen LogP contribution < -0.4 is 48.0 Å². The van der Waals surface area contributed by atoms with Gasteiger partial charge in [-0.05, 0) is 0 Å². The molecule has 26 heavy (non-hydrogen) atoms. The number of halogens is 2. The molecule has 1 aromatic rings. The van der Waals surface area contributed by atoms with Crippen LogP contribution in [0.4, 0.5) is 0 Å². The van der Waals surface area contributed by atoms with Crippen LogP contribution in [0.3, 0.4) is 0 Å². The van der Waals surface area contributed by atoms with Gasteiger partial charge in [0.05, 0.1) is 0 Å². The Kier molecular flexibility index (Phi) is 8.66. The summed E-state index contributed by atoms with van der Waals surface area (Å²) in [6.07, 6.45) is 3.76. The third-order valence-electron chi connectivity index (χ3n) is 6.73. The molecule has 0 aromatic heterocycles. The molecule has 1 atom stereocenters. The Morgan fingerprint density at radius 2 is 1.35 bits per heavy atom. The van der Waals surface area contributed by atoms with Gasteiger partial charge in [0, 0.05) is 0 Å². The molecule has 0 saturated heterocycles. The quantitative estimate of drug-likeness (QED) is 0.431. The van der Waals surface area contributed by atoms with Crippen LogP contribution in [-0.2, 0) is 23.2 Å². The monoisotopic (exact) mass is 650 g/mol. The fourth-order valence-electron chi connectivity index (χ4n) is 4.73. The van der Waals surface area contributed by atoms with Crippen molar-refractivity contribution in [3.63, 3.8) is 0 Å². The second-order valence-corrected chi connectivity index (χ2v) is 12.0. The van der Waals surface area contributed by atoms with Crippen molar-refractivity contribution in [2.75, 3.05) is 0 Å². The zero-order chi connectivity index (χ0) is 17.8. The Morgan fingerprint density at radius 1 is 0.846 bits per heavy atom. The average molecular weight is 652 g/mol. The molecule has 1 aromatic carbocycles. The summed E-state index contributed by atoms with van der Waals surface area (Å²) in [5.74, 6) is 0. The topological polar surface area (TPSA) is 0 Å². The molecule has 0 radical (unpaired) electrons. The minimum Gasteiger partial charge on any atom is -1.00 e. The summed E-state index contributed by atoms with van der Waals surface area (Å²) in [6.45, 7) is 18.9. The van der Waals surface area contributed by atoms with Gasteiger partial charge >= 0.3 is 160 Å². The zero-order valence-electron chi connectivity index (χ0n) is 17.3. The minimum atomic E-state index is -0.736. The Hall–Kier alpha value is 0.783. The van der Waals surface area contributed by atoms with Crippen molar-refractivity contribution in [1.29, 1.82) is 0 Å². The number of rotatable bonds is 3. The van der Waals surface area contributed by atoms with E-state index in [1.165, 1.54) is 23.1 Å². The second kappa shape index (κ2) is 9.07. The Bertz CT molecular complexity index is 788. The Morgan fingerprint density at radius 3 is 1.85 bits per heavy atom. The zero-order valence-corrected chi connectivity index (χ0v) is 24.0. The summed E-state index contributed by atoms with van der Waals surface area (Å²) in [4.78, 5) is 0. The number of benzene rings is 1. The first-order valence-corrected chi connectivity index (χ1v) is 11.8. The molecule has 0 aliphatic heterocycles. The molecule has 3 heteroatoms. The average Bonchev–Trinajstić information content (AvgIpc) is 2.97. The van der Waals surface area contributed by atoms with Crippen LogP contribution in [0.2, 0.25) is 3.12 Å². The van der Waals surface area contributed by atoms with E-state index in [9.17, 15) is 0 Å². The number of hydrogen-bond acceptors (Lipinski definition) is 0. The minimum absolute atomic E-state index is 0. The van der Waals surface area contributed by atoms with Crippen LogP contribution >= 0.6 is 0 Å². The maximum atomic E-state index is 2.49. The Labute approximate surface area is 206 Å². The molecule has 0 spiro atoms. The van der Waals surface area contributed by atoms with E-state index in [1.54, 1.807) is 33.4 Å². The molecule has 2 aliphatic carbocycles. The molecule has 0 N–H and O–H groups in total. The van der Waals surface area contributed by atoms with E-state index in [0.29, 0.717) is 3.12 Å². The van der Waals surface area contributed by atoms with Gasteiger partial charge in [-0.1, -0.05) is 0 Å². The summed E-state index contributed by atoms with van der Waals surface area (Å²) in [7, 11) is 0. The molecular weight excluding hydrogens is 621 g/mol. The molecule has 3 rings (SSSR count). The number of hydrogen-bond donors (Lipinski definition) is 0. The van der Waals surface area contributed by atoms with Crippen LogP contribution in [0.25, 0.3) is 6.08 Å². The van der Waals surface area contributed by atoms with Crippen molar-refractivity contribution in [2.45, 2.75) is 68.6 Å². The van der Waals surface area contributed by atoms with E-state index in [1.807, 2.05) is 0 Å². The first-order valence-electron chi connectivity index (χ1n) is 9.16. The molecule has 0 fully saturated rings. The molecular formula is C23H30I2Zr. The van der Waals surface area contributed by atoms with E-state index in [2.05, 4.69) is 73.6 Å². The fourth-order valence-corrected chi connectivity index (χ4v) is 10.5. The van der Waals surface area contributed by atoms with Crippen LogP contribution in [0, 0.1) is 13.8 Å². The first kappa shape index (κ1) is 24.8. The summed E-state index contributed by atoms with van der Waals surface area (Å²) < 4.78 is 1.14. The van der Waals surface area contributed by atoms with Crippen molar-refractivity contribution >= 4 is 6.08 Å². The molecule has 0 amide bonds. The number of allylic oxidation sites excluding steroid dienone is 5. The van der Waals surface area contributed by atoms with Gasteiger partial charge in [0.15, 0.2) is 0 Å². The van der Waals surface area contributed by atoms with Gasteiger partial charge in [0.25, 0.3) is 0 Å². The van der Waals surface area contributed by atoms with Gasteiger partial charge in [-0.3, -0.25) is 0 Å². The van der Waals surface area contributed by atoms with Crippen LogP contribution in [0.1, 0.15) is 73.8 Å². The third kappa shape index (κ3) is 3.67. The van der Waals surface area contributed by atoms with Crippen molar-refractivity contribution in [3.05, 3.63) is 62.3 Å². The smallest absolute Gasteiger partial charge is 1.00 e. The van der Waals surface area contributed by atoms with Gasteiger partial charge in [0.1, 0.15) is 0 Å².